The molecule has 0 aromatic carbocycles. The number of aryl methyl sites for hydroxylation is 1. The summed E-state index contributed by atoms with van der Waals surface area (Å²) in [7, 11) is 0. The number of anilines is 1. The highest BCUT2D eigenvalue weighted by atomic mass is 79.9. The Labute approximate surface area is 141 Å². The fourth-order valence-electron chi connectivity index (χ4n) is 2.31. The molecule has 2 aromatic heterocycles. The van der Waals surface area contributed by atoms with Crippen molar-refractivity contribution in [2.24, 2.45) is 0 Å². The summed E-state index contributed by atoms with van der Waals surface area (Å²) in [4.78, 5) is 30.4. The van der Waals surface area contributed by atoms with Crippen molar-refractivity contribution >= 4 is 27.7 Å². The maximum absolute atomic E-state index is 12.0. The van der Waals surface area contributed by atoms with E-state index in [0.29, 0.717) is 23.5 Å². The summed E-state index contributed by atoms with van der Waals surface area (Å²) in [5.74, 6) is 0.300. The van der Waals surface area contributed by atoms with Crippen LogP contribution in [0.3, 0.4) is 0 Å². The Kier molecular flexibility index (Phi) is 5.29. The highest BCUT2D eigenvalue weighted by Gasteiger charge is 2.13. The van der Waals surface area contributed by atoms with Gasteiger partial charge in [0.2, 0.25) is 5.91 Å². The second kappa shape index (κ2) is 7.20. The van der Waals surface area contributed by atoms with Crippen molar-refractivity contribution in [2.45, 2.75) is 26.7 Å². The first-order valence-corrected chi connectivity index (χ1v) is 7.75. The third kappa shape index (κ3) is 4.05. The Morgan fingerprint density at radius 2 is 2.17 bits per heavy atom. The molecule has 0 radical (unpaired) electrons. The zero-order chi connectivity index (χ0) is 17.0. The van der Waals surface area contributed by atoms with Gasteiger partial charge < -0.3 is 10.3 Å². The first kappa shape index (κ1) is 16.9. The van der Waals surface area contributed by atoms with E-state index in [-0.39, 0.29) is 17.9 Å². The number of aromatic amines is 1. The van der Waals surface area contributed by atoms with Gasteiger partial charge in [0, 0.05) is 22.8 Å². The molecule has 0 aliphatic heterocycles. The molecule has 2 heterocycles. The number of amides is 1. The molecule has 0 bridgehead atoms. The Morgan fingerprint density at radius 1 is 1.43 bits per heavy atom. The predicted molar refractivity (Wildman–Crippen MR) is 90.1 cm³/mol. The van der Waals surface area contributed by atoms with Crippen molar-refractivity contribution < 1.29 is 4.79 Å². The van der Waals surface area contributed by atoms with Gasteiger partial charge in [-0.05, 0) is 59.5 Å². The van der Waals surface area contributed by atoms with Gasteiger partial charge >= 0.3 is 0 Å². The topological polar surface area (TPSA) is 98.6 Å². The number of pyridine rings is 2. The molecular formula is C16H15BrN4O2. The highest BCUT2D eigenvalue weighted by Crippen LogP contribution is 2.16. The zero-order valence-electron chi connectivity index (χ0n) is 12.7. The summed E-state index contributed by atoms with van der Waals surface area (Å²) >= 11 is 3.28. The van der Waals surface area contributed by atoms with Crippen LogP contribution in [0.15, 0.2) is 27.6 Å². The Hall–Kier alpha value is -2.46. The molecule has 23 heavy (non-hydrogen) atoms. The smallest absolute Gasteiger partial charge is 0.266 e. The van der Waals surface area contributed by atoms with Crippen LogP contribution in [0.5, 0.6) is 0 Å². The first-order chi connectivity index (χ1) is 10.9. The van der Waals surface area contributed by atoms with Crippen LogP contribution >= 0.6 is 15.9 Å². The minimum atomic E-state index is -0.394. The maximum atomic E-state index is 12.0. The third-order valence-electron chi connectivity index (χ3n) is 3.52. The van der Waals surface area contributed by atoms with Crippen LogP contribution in [0.1, 0.15) is 28.8 Å². The van der Waals surface area contributed by atoms with E-state index in [1.54, 1.807) is 32.2 Å². The van der Waals surface area contributed by atoms with E-state index >= 15 is 0 Å². The Bertz CT molecular complexity index is 835. The monoisotopic (exact) mass is 374 g/mol. The van der Waals surface area contributed by atoms with Crippen LogP contribution in [-0.4, -0.2) is 15.9 Å². The van der Waals surface area contributed by atoms with Gasteiger partial charge in [0.15, 0.2) is 0 Å². The SMILES string of the molecule is Cc1[nH]c(=O)c(C#N)c(C)c1CCC(=O)Nc1ccc(Br)cn1. The molecule has 0 saturated heterocycles. The van der Waals surface area contributed by atoms with E-state index in [1.807, 2.05) is 6.07 Å². The predicted octanol–water partition coefficient (Wildman–Crippen LogP) is 2.59. The lowest BCUT2D eigenvalue weighted by molar-refractivity contribution is -0.116. The second-order valence-electron chi connectivity index (χ2n) is 5.08. The van der Waals surface area contributed by atoms with Crippen molar-refractivity contribution in [1.82, 2.24) is 9.97 Å². The standard InChI is InChI=1S/C16H15BrN4O2/c1-9-12(10(2)20-16(23)13(9)7-18)4-6-15(22)21-14-5-3-11(17)8-19-14/h3,5,8H,4,6H2,1-2H3,(H,20,23)(H,19,21,22). The largest absolute Gasteiger partial charge is 0.325 e. The van der Waals surface area contributed by atoms with Gasteiger partial charge in [0.1, 0.15) is 17.5 Å². The Morgan fingerprint density at radius 3 is 2.78 bits per heavy atom. The highest BCUT2D eigenvalue weighted by molar-refractivity contribution is 9.10. The van der Waals surface area contributed by atoms with Gasteiger partial charge in [-0.3, -0.25) is 9.59 Å². The molecule has 118 valence electrons. The lowest BCUT2D eigenvalue weighted by Crippen LogP contribution is -2.18. The summed E-state index contributed by atoms with van der Waals surface area (Å²) < 4.78 is 0.832. The first-order valence-electron chi connectivity index (χ1n) is 6.96. The fourth-order valence-corrected chi connectivity index (χ4v) is 2.55. The van der Waals surface area contributed by atoms with Gasteiger partial charge in [-0.2, -0.15) is 5.26 Å². The lowest BCUT2D eigenvalue weighted by atomic mass is 9.99. The van der Waals surface area contributed by atoms with Crippen molar-refractivity contribution in [3.05, 3.63) is 55.5 Å². The number of H-pyrrole nitrogens is 1. The van der Waals surface area contributed by atoms with Crippen molar-refractivity contribution in [1.29, 1.82) is 5.26 Å². The van der Waals surface area contributed by atoms with Crippen LogP contribution < -0.4 is 10.9 Å². The maximum Gasteiger partial charge on any atom is 0.266 e. The van der Waals surface area contributed by atoms with E-state index in [2.05, 4.69) is 31.2 Å². The normalized spacial score (nSPS) is 10.2. The van der Waals surface area contributed by atoms with Crippen molar-refractivity contribution in [3.63, 3.8) is 0 Å². The number of aromatic nitrogens is 2. The lowest BCUT2D eigenvalue weighted by Gasteiger charge is -2.10. The number of carbonyl (C=O) groups is 1. The summed E-state index contributed by atoms with van der Waals surface area (Å²) in [6, 6.07) is 5.40. The van der Waals surface area contributed by atoms with E-state index in [1.165, 1.54) is 0 Å². The van der Waals surface area contributed by atoms with Crippen LogP contribution in [0.4, 0.5) is 5.82 Å². The number of nitrogens with zero attached hydrogens (tertiary/aromatic N) is 2. The number of rotatable bonds is 4. The molecule has 0 saturated carbocycles. The molecular weight excluding hydrogens is 360 g/mol. The summed E-state index contributed by atoms with van der Waals surface area (Å²) in [5, 5.41) is 11.8. The fraction of sp³-hybridized carbons (Fsp3) is 0.250. The molecule has 0 fully saturated rings. The van der Waals surface area contributed by atoms with Crippen molar-refractivity contribution in [3.8, 4) is 6.07 Å². The molecule has 2 N–H and O–H groups in total. The number of carbonyl (C=O) groups excluding carboxylic acids is 1. The van der Waals surface area contributed by atoms with Crippen LogP contribution in [0, 0.1) is 25.2 Å². The molecule has 0 atom stereocenters. The number of nitrogens with one attached hydrogen (secondary N) is 2. The van der Waals surface area contributed by atoms with E-state index in [0.717, 1.165) is 10.0 Å². The summed E-state index contributed by atoms with van der Waals surface area (Å²) in [6.07, 6.45) is 2.27. The van der Waals surface area contributed by atoms with Crippen LogP contribution in [0.25, 0.3) is 0 Å². The number of nitriles is 1. The van der Waals surface area contributed by atoms with Crippen LogP contribution in [0.2, 0.25) is 0 Å². The second-order valence-corrected chi connectivity index (χ2v) is 5.99. The average molecular weight is 375 g/mol. The van der Waals surface area contributed by atoms with E-state index in [4.69, 9.17) is 5.26 Å². The Balaban J connectivity index is 2.09. The molecule has 7 heteroatoms. The number of hydrogen-bond acceptors (Lipinski definition) is 4. The average Bonchev–Trinajstić information content (AvgIpc) is 2.49. The van der Waals surface area contributed by atoms with Crippen molar-refractivity contribution in [2.75, 3.05) is 5.32 Å². The minimum Gasteiger partial charge on any atom is -0.325 e. The molecule has 0 aliphatic carbocycles. The van der Waals surface area contributed by atoms with Gasteiger partial charge in [-0.1, -0.05) is 0 Å². The molecule has 2 rings (SSSR count). The third-order valence-corrected chi connectivity index (χ3v) is 3.99. The summed E-state index contributed by atoms with van der Waals surface area (Å²) in [5.41, 5.74) is 1.83. The van der Waals surface area contributed by atoms with Crippen LogP contribution in [-0.2, 0) is 11.2 Å². The van der Waals surface area contributed by atoms with Gasteiger partial charge in [0.25, 0.3) is 5.56 Å². The summed E-state index contributed by atoms with van der Waals surface area (Å²) in [6.45, 7) is 3.49. The van der Waals surface area contributed by atoms with E-state index < -0.39 is 5.56 Å². The van der Waals surface area contributed by atoms with Gasteiger partial charge in [-0.25, -0.2) is 4.98 Å². The molecule has 1 amide bonds. The number of halogens is 1. The molecule has 0 unspecified atom stereocenters. The molecule has 0 aliphatic rings. The molecule has 0 spiro atoms. The quantitative estimate of drug-likeness (QED) is 0.858. The molecule has 2 aromatic rings. The zero-order valence-corrected chi connectivity index (χ0v) is 14.3. The van der Waals surface area contributed by atoms with Gasteiger partial charge in [0.05, 0.1) is 0 Å². The molecule has 6 nitrogen and oxygen atoms in total. The van der Waals surface area contributed by atoms with E-state index in [9.17, 15) is 9.59 Å². The number of hydrogen-bond donors (Lipinski definition) is 2. The minimum absolute atomic E-state index is 0.0978. The van der Waals surface area contributed by atoms with Gasteiger partial charge in [-0.15, -0.1) is 0 Å².